The molecular formula is C19H28BNO6. The molecule has 1 aromatic carbocycles. The molecule has 0 aliphatic carbocycles. The van der Waals surface area contributed by atoms with E-state index < -0.39 is 36.0 Å². The van der Waals surface area contributed by atoms with E-state index in [1.807, 2.05) is 27.7 Å². The Bertz CT molecular complexity index is 722. The summed E-state index contributed by atoms with van der Waals surface area (Å²) in [7, 11) is 0.595. The largest absolute Gasteiger partial charge is 0.496 e. The third-order valence-corrected chi connectivity index (χ3v) is 4.62. The summed E-state index contributed by atoms with van der Waals surface area (Å²) in [5.74, 6) is -0.511. The van der Waals surface area contributed by atoms with Gasteiger partial charge in [0.25, 0.3) is 0 Å². The molecule has 8 heteroatoms. The van der Waals surface area contributed by atoms with Crippen LogP contribution in [0.25, 0.3) is 0 Å². The summed E-state index contributed by atoms with van der Waals surface area (Å²) < 4.78 is 22.2. The predicted octanol–water partition coefficient (Wildman–Crippen LogP) is 3.12. The number of carbonyl (C=O) groups is 2. The molecule has 1 N–H and O–H groups in total. The maximum atomic E-state index is 12.3. The quantitative estimate of drug-likeness (QED) is 0.644. The Morgan fingerprint density at radius 2 is 1.63 bits per heavy atom. The molecule has 1 amide bonds. The molecule has 0 radical (unpaired) electrons. The summed E-state index contributed by atoms with van der Waals surface area (Å²) in [6, 6.07) is 4.81. The van der Waals surface area contributed by atoms with Crippen LogP contribution in [0.1, 0.15) is 58.8 Å². The van der Waals surface area contributed by atoms with Crippen molar-refractivity contribution >= 4 is 30.3 Å². The first-order chi connectivity index (χ1) is 12.3. The van der Waals surface area contributed by atoms with Crippen molar-refractivity contribution in [1.82, 2.24) is 0 Å². The average Bonchev–Trinajstić information content (AvgIpc) is 2.72. The summed E-state index contributed by atoms with van der Waals surface area (Å²) in [5.41, 5.74) is -0.486. The average molecular weight is 377 g/mol. The first-order valence-electron chi connectivity index (χ1n) is 8.84. The molecule has 1 aliphatic heterocycles. The van der Waals surface area contributed by atoms with Crippen LogP contribution in [0.15, 0.2) is 18.2 Å². The lowest BCUT2D eigenvalue weighted by atomic mass is 9.77. The van der Waals surface area contributed by atoms with Gasteiger partial charge in [-0.05, 0) is 60.6 Å². The number of ether oxygens (including phenoxy) is 2. The van der Waals surface area contributed by atoms with Crippen molar-refractivity contribution in [2.45, 2.75) is 65.3 Å². The van der Waals surface area contributed by atoms with Gasteiger partial charge < -0.3 is 18.8 Å². The van der Waals surface area contributed by atoms with Crippen molar-refractivity contribution < 1.29 is 28.4 Å². The summed E-state index contributed by atoms with van der Waals surface area (Å²) in [6.07, 6.45) is -0.637. The molecule has 0 unspecified atom stereocenters. The zero-order chi connectivity index (χ0) is 20.6. The van der Waals surface area contributed by atoms with E-state index in [0.717, 1.165) is 0 Å². The van der Waals surface area contributed by atoms with Crippen molar-refractivity contribution in [1.29, 1.82) is 0 Å². The SMILES string of the molecule is COC(=O)c1ccc(B2OC(C)(C)C(C)(C)O2)c(NC(=O)OC(C)(C)C)c1. The first kappa shape index (κ1) is 21.2. The molecule has 0 atom stereocenters. The van der Waals surface area contributed by atoms with Gasteiger partial charge in [-0.3, -0.25) is 5.32 Å². The van der Waals surface area contributed by atoms with Crippen LogP contribution in [0.5, 0.6) is 0 Å². The highest BCUT2D eigenvalue weighted by Crippen LogP contribution is 2.37. The minimum atomic E-state index is -0.702. The number of benzene rings is 1. The lowest BCUT2D eigenvalue weighted by Gasteiger charge is -2.32. The predicted molar refractivity (Wildman–Crippen MR) is 103 cm³/mol. The topological polar surface area (TPSA) is 83.1 Å². The zero-order valence-corrected chi connectivity index (χ0v) is 17.3. The molecule has 0 spiro atoms. The molecular weight excluding hydrogens is 349 g/mol. The number of amides is 1. The number of anilines is 1. The van der Waals surface area contributed by atoms with Crippen LogP contribution >= 0.6 is 0 Å². The fourth-order valence-corrected chi connectivity index (χ4v) is 2.50. The molecule has 0 saturated carbocycles. The van der Waals surface area contributed by atoms with Gasteiger partial charge in [0.05, 0.1) is 23.9 Å². The Morgan fingerprint density at radius 3 is 2.11 bits per heavy atom. The minimum Gasteiger partial charge on any atom is -0.465 e. The summed E-state index contributed by atoms with van der Waals surface area (Å²) in [4.78, 5) is 24.2. The number of hydrogen-bond donors (Lipinski definition) is 1. The van der Waals surface area contributed by atoms with Gasteiger partial charge >= 0.3 is 19.2 Å². The van der Waals surface area contributed by atoms with Gasteiger partial charge in [-0.15, -0.1) is 0 Å². The highest BCUT2D eigenvalue weighted by atomic mass is 16.7. The molecule has 7 nitrogen and oxygen atoms in total. The maximum Gasteiger partial charge on any atom is 0.496 e. The monoisotopic (exact) mass is 377 g/mol. The number of carbonyl (C=O) groups excluding carboxylic acids is 2. The van der Waals surface area contributed by atoms with Crippen molar-refractivity contribution in [2.75, 3.05) is 12.4 Å². The van der Waals surface area contributed by atoms with E-state index in [1.54, 1.807) is 32.9 Å². The lowest BCUT2D eigenvalue weighted by molar-refractivity contribution is 0.00578. The Morgan fingerprint density at radius 1 is 1.07 bits per heavy atom. The van der Waals surface area contributed by atoms with Gasteiger partial charge in [0.1, 0.15) is 5.60 Å². The maximum absolute atomic E-state index is 12.3. The molecule has 2 rings (SSSR count). The second-order valence-electron chi connectivity index (χ2n) is 8.51. The fourth-order valence-electron chi connectivity index (χ4n) is 2.50. The van der Waals surface area contributed by atoms with Gasteiger partial charge in [0.2, 0.25) is 0 Å². The standard InChI is InChI=1S/C19H28BNO6/c1-17(2,3)25-16(23)21-14-11-12(15(22)24-8)9-10-13(14)20-26-18(4,5)19(6,7)27-20/h9-11H,1-8H3,(H,21,23). The highest BCUT2D eigenvalue weighted by Gasteiger charge is 2.52. The van der Waals surface area contributed by atoms with E-state index in [9.17, 15) is 9.59 Å². The molecule has 1 aliphatic rings. The number of rotatable bonds is 3. The van der Waals surface area contributed by atoms with Gasteiger partial charge in [-0.2, -0.15) is 0 Å². The molecule has 1 heterocycles. The molecule has 1 aromatic rings. The number of nitrogens with one attached hydrogen (secondary N) is 1. The molecule has 1 fully saturated rings. The van der Waals surface area contributed by atoms with Crippen LogP contribution in [0.3, 0.4) is 0 Å². The van der Waals surface area contributed by atoms with E-state index in [-0.39, 0.29) is 0 Å². The molecule has 1 saturated heterocycles. The Hall–Kier alpha value is -2.06. The summed E-state index contributed by atoms with van der Waals surface area (Å²) >= 11 is 0. The zero-order valence-electron chi connectivity index (χ0n) is 17.3. The van der Waals surface area contributed by atoms with Crippen LogP contribution in [-0.4, -0.2) is 43.1 Å². The summed E-state index contributed by atoms with van der Waals surface area (Å²) in [6.45, 7) is 13.1. The lowest BCUT2D eigenvalue weighted by Crippen LogP contribution is -2.41. The third kappa shape index (κ3) is 4.81. The van der Waals surface area contributed by atoms with Crippen molar-refractivity contribution in [2.24, 2.45) is 0 Å². The van der Waals surface area contributed by atoms with Gasteiger partial charge in [-0.25, -0.2) is 9.59 Å². The second-order valence-corrected chi connectivity index (χ2v) is 8.51. The van der Waals surface area contributed by atoms with Crippen LogP contribution in [0.4, 0.5) is 10.5 Å². The highest BCUT2D eigenvalue weighted by molar-refractivity contribution is 6.64. The summed E-state index contributed by atoms with van der Waals surface area (Å²) in [5, 5.41) is 2.69. The minimum absolute atomic E-state index is 0.295. The van der Waals surface area contributed by atoms with E-state index in [0.29, 0.717) is 16.7 Å². The Labute approximate surface area is 160 Å². The number of esters is 1. The Balaban J connectivity index is 2.39. The molecule has 27 heavy (non-hydrogen) atoms. The molecule has 0 aromatic heterocycles. The van der Waals surface area contributed by atoms with Gasteiger partial charge in [-0.1, -0.05) is 6.07 Å². The van der Waals surface area contributed by atoms with Gasteiger partial charge in [0, 0.05) is 11.2 Å². The molecule has 148 valence electrons. The van der Waals surface area contributed by atoms with Crippen molar-refractivity contribution in [3.05, 3.63) is 23.8 Å². The smallest absolute Gasteiger partial charge is 0.465 e. The van der Waals surface area contributed by atoms with Crippen molar-refractivity contribution in [3.8, 4) is 0 Å². The normalized spacial score (nSPS) is 18.1. The van der Waals surface area contributed by atoms with Crippen LogP contribution in [0.2, 0.25) is 0 Å². The second kappa shape index (κ2) is 7.17. The van der Waals surface area contributed by atoms with Crippen LogP contribution < -0.4 is 10.8 Å². The fraction of sp³-hybridized carbons (Fsp3) is 0.579. The van der Waals surface area contributed by atoms with Crippen LogP contribution in [0, 0.1) is 0 Å². The first-order valence-corrected chi connectivity index (χ1v) is 8.84. The van der Waals surface area contributed by atoms with E-state index >= 15 is 0 Å². The number of methoxy groups -OCH3 is 1. The van der Waals surface area contributed by atoms with Gasteiger partial charge in [0.15, 0.2) is 0 Å². The van der Waals surface area contributed by atoms with E-state index in [4.69, 9.17) is 18.8 Å². The van der Waals surface area contributed by atoms with E-state index in [1.165, 1.54) is 13.2 Å². The Kier molecular flexibility index (Phi) is 5.64. The molecule has 0 bridgehead atoms. The van der Waals surface area contributed by atoms with Crippen LogP contribution in [-0.2, 0) is 18.8 Å². The van der Waals surface area contributed by atoms with Crippen molar-refractivity contribution in [3.63, 3.8) is 0 Å². The third-order valence-electron chi connectivity index (χ3n) is 4.62. The van der Waals surface area contributed by atoms with E-state index in [2.05, 4.69) is 5.32 Å². The number of hydrogen-bond acceptors (Lipinski definition) is 6.